The second-order valence-corrected chi connectivity index (χ2v) is 7.55. The van der Waals surface area contributed by atoms with Gasteiger partial charge in [0.05, 0.1) is 0 Å². The summed E-state index contributed by atoms with van der Waals surface area (Å²) in [6.45, 7) is 13.8. The van der Waals surface area contributed by atoms with Crippen molar-refractivity contribution in [3.8, 4) is 0 Å². The van der Waals surface area contributed by atoms with E-state index < -0.39 is 0 Å². The van der Waals surface area contributed by atoms with Gasteiger partial charge in [-0.3, -0.25) is 0 Å². The molecule has 0 radical (unpaired) electrons. The van der Waals surface area contributed by atoms with E-state index in [4.69, 9.17) is 0 Å². The zero-order valence-electron chi connectivity index (χ0n) is 12.8. The maximum atomic E-state index is 3.57. The van der Waals surface area contributed by atoms with Crippen molar-refractivity contribution >= 4 is 0 Å². The van der Waals surface area contributed by atoms with Crippen molar-refractivity contribution in [3.63, 3.8) is 0 Å². The Morgan fingerprint density at radius 1 is 1.18 bits per heavy atom. The third-order valence-corrected chi connectivity index (χ3v) is 4.05. The number of nitrogens with one attached hydrogen (secondary N) is 1. The number of nitrogens with zero attached hydrogens (tertiary/aromatic N) is 1. The van der Waals surface area contributed by atoms with Crippen molar-refractivity contribution in [1.82, 2.24) is 10.2 Å². The molecule has 0 amide bonds. The molecule has 1 saturated carbocycles. The van der Waals surface area contributed by atoms with Gasteiger partial charge >= 0.3 is 0 Å². The van der Waals surface area contributed by atoms with E-state index in [1.807, 2.05) is 0 Å². The zero-order valence-corrected chi connectivity index (χ0v) is 12.8. The van der Waals surface area contributed by atoms with Gasteiger partial charge in [-0.05, 0) is 58.9 Å². The Morgan fingerprint density at radius 3 is 2.18 bits per heavy atom. The molecule has 102 valence electrons. The Balaban J connectivity index is 2.23. The molecule has 0 heterocycles. The van der Waals surface area contributed by atoms with Gasteiger partial charge in [0.1, 0.15) is 0 Å². The van der Waals surface area contributed by atoms with Crippen LogP contribution in [-0.2, 0) is 0 Å². The van der Waals surface area contributed by atoms with Crippen molar-refractivity contribution in [2.24, 2.45) is 5.41 Å². The van der Waals surface area contributed by atoms with E-state index in [0.29, 0.717) is 5.41 Å². The van der Waals surface area contributed by atoms with Crippen LogP contribution in [0.5, 0.6) is 0 Å². The summed E-state index contributed by atoms with van der Waals surface area (Å²) in [5.74, 6) is 0. The van der Waals surface area contributed by atoms with Crippen LogP contribution in [0, 0.1) is 5.41 Å². The number of likely N-dealkylation sites (N-methyl/N-ethyl adjacent to an activating group) is 1. The number of hydrogen-bond acceptors (Lipinski definition) is 2. The van der Waals surface area contributed by atoms with Crippen molar-refractivity contribution in [3.05, 3.63) is 0 Å². The predicted octanol–water partition coefficient (Wildman–Crippen LogP) is 3.28. The van der Waals surface area contributed by atoms with Crippen molar-refractivity contribution < 1.29 is 0 Å². The lowest BCUT2D eigenvalue weighted by Crippen LogP contribution is -2.44. The lowest BCUT2D eigenvalue weighted by molar-refractivity contribution is 0.126. The fourth-order valence-electron chi connectivity index (χ4n) is 2.61. The average Bonchev–Trinajstić information content (AvgIpc) is 2.15. The summed E-state index contributed by atoms with van der Waals surface area (Å²) < 4.78 is 0. The van der Waals surface area contributed by atoms with Gasteiger partial charge in [-0.25, -0.2) is 0 Å². The van der Waals surface area contributed by atoms with Crippen molar-refractivity contribution in [2.45, 2.75) is 71.9 Å². The van der Waals surface area contributed by atoms with Gasteiger partial charge in [0.2, 0.25) is 0 Å². The molecule has 1 aliphatic carbocycles. The van der Waals surface area contributed by atoms with Gasteiger partial charge < -0.3 is 10.2 Å². The highest BCUT2D eigenvalue weighted by Gasteiger charge is 2.28. The topological polar surface area (TPSA) is 15.3 Å². The minimum absolute atomic E-state index is 0.245. The molecule has 1 aliphatic rings. The van der Waals surface area contributed by atoms with Crippen LogP contribution in [0.2, 0.25) is 0 Å². The van der Waals surface area contributed by atoms with Crippen LogP contribution in [0.25, 0.3) is 0 Å². The highest BCUT2D eigenvalue weighted by molar-refractivity contribution is 4.83. The van der Waals surface area contributed by atoms with E-state index >= 15 is 0 Å². The lowest BCUT2D eigenvalue weighted by Gasteiger charge is -2.39. The molecule has 0 unspecified atom stereocenters. The maximum Gasteiger partial charge on any atom is 0.0107 e. The molecule has 1 rings (SSSR count). The number of hydrogen-bond donors (Lipinski definition) is 1. The van der Waals surface area contributed by atoms with Gasteiger partial charge in [-0.15, -0.1) is 0 Å². The maximum absolute atomic E-state index is 3.57. The first-order valence-corrected chi connectivity index (χ1v) is 7.15. The van der Waals surface area contributed by atoms with Crippen LogP contribution in [0.15, 0.2) is 0 Å². The Bertz CT molecular complexity index is 218. The van der Waals surface area contributed by atoms with Crippen molar-refractivity contribution in [2.75, 3.05) is 20.1 Å². The summed E-state index contributed by atoms with van der Waals surface area (Å²) in [7, 11) is 2.29. The molecule has 0 saturated heterocycles. The fraction of sp³-hybridized carbons (Fsp3) is 1.00. The van der Waals surface area contributed by atoms with Gasteiger partial charge in [0.25, 0.3) is 0 Å². The first-order chi connectivity index (χ1) is 7.70. The van der Waals surface area contributed by atoms with Crippen LogP contribution in [-0.4, -0.2) is 36.6 Å². The zero-order chi connectivity index (χ0) is 13.1. The molecule has 0 atom stereocenters. The second kappa shape index (κ2) is 5.71. The van der Waals surface area contributed by atoms with Gasteiger partial charge in [-0.1, -0.05) is 13.8 Å². The van der Waals surface area contributed by atoms with Crippen LogP contribution >= 0.6 is 0 Å². The van der Waals surface area contributed by atoms with Gasteiger partial charge in [0.15, 0.2) is 0 Å². The molecule has 0 aromatic heterocycles. The molecule has 0 aliphatic heterocycles. The predicted molar refractivity (Wildman–Crippen MR) is 76.4 cm³/mol. The lowest BCUT2D eigenvalue weighted by atomic mass is 9.75. The van der Waals surface area contributed by atoms with E-state index in [-0.39, 0.29) is 5.54 Å². The first-order valence-electron chi connectivity index (χ1n) is 7.15. The van der Waals surface area contributed by atoms with Crippen LogP contribution in [0.1, 0.15) is 60.3 Å². The molecule has 0 bridgehead atoms. The van der Waals surface area contributed by atoms with Crippen LogP contribution in [0.3, 0.4) is 0 Å². The summed E-state index contributed by atoms with van der Waals surface area (Å²) in [5.41, 5.74) is 0.830. The minimum Gasteiger partial charge on any atom is -0.311 e. The quantitative estimate of drug-likeness (QED) is 0.811. The van der Waals surface area contributed by atoms with E-state index in [9.17, 15) is 0 Å². The molecular weight excluding hydrogens is 208 g/mol. The summed E-state index contributed by atoms with van der Waals surface area (Å²) in [4.78, 5) is 2.55. The summed E-state index contributed by atoms with van der Waals surface area (Å²) in [6.07, 6.45) is 5.52. The molecule has 17 heavy (non-hydrogen) atoms. The SMILES string of the molecule is CN(CCNC(C)(C)C)C1CCC(C)(C)CC1. The van der Waals surface area contributed by atoms with E-state index in [1.54, 1.807) is 0 Å². The Kier molecular flexibility index (Phi) is 5.03. The smallest absolute Gasteiger partial charge is 0.0107 e. The normalized spacial score (nSPS) is 22.1. The third-order valence-electron chi connectivity index (χ3n) is 4.05. The Hall–Kier alpha value is -0.0800. The monoisotopic (exact) mass is 240 g/mol. The molecule has 0 spiro atoms. The largest absolute Gasteiger partial charge is 0.311 e. The molecular formula is C15H32N2. The van der Waals surface area contributed by atoms with Crippen molar-refractivity contribution in [1.29, 1.82) is 0 Å². The van der Waals surface area contributed by atoms with Crippen LogP contribution in [0.4, 0.5) is 0 Å². The third kappa shape index (κ3) is 5.87. The van der Waals surface area contributed by atoms with Gasteiger partial charge in [-0.2, -0.15) is 0 Å². The first kappa shape index (κ1) is 15.0. The van der Waals surface area contributed by atoms with Gasteiger partial charge in [0, 0.05) is 24.7 Å². The molecule has 1 N–H and O–H groups in total. The highest BCUT2D eigenvalue weighted by Crippen LogP contribution is 2.36. The minimum atomic E-state index is 0.245. The highest BCUT2D eigenvalue weighted by atomic mass is 15.1. The second-order valence-electron chi connectivity index (χ2n) is 7.55. The van der Waals surface area contributed by atoms with E-state index in [0.717, 1.165) is 12.6 Å². The molecule has 0 aromatic rings. The summed E-state index contributed by atoms with van der Waals surface area (Å²) in [6, 6.07) is 0.810. The standard InChI is InChI=1S/C15H32N2/c1-14(2,3)16-11-12-17(6)13-7-9-15(4,5)10-8-13/h13,16H,7-12H2,1-6H3. The molecule has 2 nitrogen and oxygen atoms in total. The Morgan fingerprint density at radius 2 is 1.71 bits per heavy atom. The molecule has 2 heteroatoms. The Labute approximate surface area is 108 Å². The number of rotatable bonds is 4. The van der Waals surface area contributed by atoms with Crippen LogP contribution < -0.4 is 5.32 Å². The molecule has 0 aromatic carbocycles. The fourth-order valence-corrected chi connectivity index (χ4v) is 2.61. The van der Waals surface area contributed by atoms with E-state index in [1.165, 1.54) is 32.2 Å². The average molecular weight is 240 g/mol. The summed E-state index contributed by atoms with van der Waals surface area (Å²) >= 11 is 0. The molecule has 1 fully saturated rings. The summed E-state index contributed by atoms with van der Waals surface area (Å²) in [5, 5.41) is 3.57. The van der Waals surface area contributed by atoms with E-state index in [2.05, 4.69) is 51.9 Å².